The molecule has 0 aromatic heterocycles. The maximum absolute atomic E-state index is 14.2. The van der Waals surface area contributed by atoms with E-state index in [1.54, 1.807) is 20.8 Å². The summed E-state index contributed by atoms with van der Waals surface area (Å²) in [5, 5.41) is 2.32. The van der Waals surface area contributed by atoms with E-state index in [1.165, 1.54) is 17.8 Å². The molecule has 0 saturated heterocycles. The average molecular weight is 418 g/mol. The zero-order valence-corrected chi connectivity index (χ0v) is 18.4. The van der Waals surface area contributed by atoms with Gasteiger partial charge < -0.3 is 10.1 Å². The number of carbonyl (C=O) groups excluding carboxylic acids is 2. The molecule has 0 radical (unpaired) electrons. The van der Waals surface area contributed by atoms with E-state index in [4.69, 9.17) is 16.3 Å². The average Bonchev–Trinajstić information content (AvgIpc) is 2.54. The molecular formula is C20H29ClFNO3S. The zero-order valence-electron chi connectivity index (χ0n) is 16.8. The molecule has 152 valence electrons. The highest BCUT2D eigenvalue weighted by atomic mass is 35.5. The van der Waals surface area contributed by atoms with Gasteiger partial charge in [-0.05, 0) is 45.2 Å². The minimum atomic E-state index is -0.604. The van der Waals surface area contributed by atoms with Crippen LogP contribution in [0.1, 0.15) is 60.8 Å². The van der Waals surface area contributed by atoms with E-state index < -0.39 is 16.7 Å². The van der Waals surface area contributed by atoms with Crippen molar-refractivity contribution in [3.63, 3.8) is 0 Å². The molecule has 1 amide bonds. The number of esters is 1. The smallest absolute Gasteiger partial charge is 0.319 e. The van der Waals surface area contributed by atoms with Crippen LogP contribution in [0.4, 0.5) is 10.1 Å². The second-order valence-electron chi connectivity index (χ2n) is 7.58. The van der Waals surface area contributed by atoms with Gasteiger partial charge in [0.25, 0.3) is 0 Å². The van der Waals surface area contributed by atoms with Gasteiger partial charge in [-0.25, -0.2) is 4.39 Å². The van der Waals surface area contributed by atoms with E-state index >= 15 is 0 Å². The minimum Gasteiger partial charge on any atom is -0.459 e. The van der Waals surface area contributed by atoms with Crippen LogP contribution in [0, 0.1) is 11.7 Å². The Morgan fingerprint density at radius 1 is 1.26 bits per heavy atom. The summed E-state index contributed by atoms with van der Waals surface area (Å²) < 4.78 is 19.6. The van der Waals surface area contributed by atoms with Gasteiger partial charge in [-0.15, -0.1) is 11.8 Å². The van der Waals surface area contributed by atoms with Gasteiger partial charge in [0.2, 0.25) is 5.91 Å². The first-order valence-electron chi connectivity index (χ1n) is 9.15. The van der Waals surface area contributed by atoms with Crippen LogP contribution in [0.25, 0.3) is 0 Å². The van der Waals surface area contributed by atoms with Crippen LogP contribution in [-0.2, 0) is 14.3 Å². The number of nitrogens with one attached hydrogen (secondary N) is 1. The highest BCUT2D eigenvalue weighted by Gasteiger charge is 2.26. The predicted molar refractivity (Wildman–Crippen MR) is 110 cm³/mol. The van der Waals surface area contributed by atoms with Crippen molar-refractivity contribution in [1.82, 2.24) is 0 Å². The molecule has 0 saturated carbocycles. The number of amides is 1. The molecule has 0 spiro atoms. The number of hydrogen-bond donors (Lipinski definition) is 1. The standard InChI is InChI=1S/C20H29ClFNO3S/c1-7-12(3)9-18(24)23-15-11-17(13(21)10-14(15)22)27-16(8-2)19(25)26-20(4,5)6/h10-12,16H,7-9H2,1-6H3,(H,23,24). The van der Waals surface area contributed by atoms with Crippen molar-refractivity contribution in [2.24, 2.45) is 5.92 Å². The zero-order chi connectivity index (χ0) is 20.8. The number of halogens is 2. The first-order valence-corrected chi connectivity index (χ1v) is 10.4. The molecule has 0 heterocycles. The predicted octanol–water partition coefficient (Wildman–Crippen LogP) is 6.07. The molecule has 2 atom stereocenters. The van der Waals surface area contributed by atoms with Crippen LogP contribution >= 0.6 is 23.4 Å². The lowest BCUT2D eigenvalue weighted by Crippen LogP contribution is -2.30. The maximum Gasteiger partial charge on any atom is 0.319 e. The first kappa shape index (κ1) is 23.8. The second-order valence-corrected chi connectivity index (χ2v) is 9.23. The third-order valence-electron chi connectivity index (χ3n) is 3.84. The summed E-state index contributed by atoms with van der Waals surface area (Å²) in [5.74, 6) is -0.989. The molecule has 1 N–H and O–H groups in total. The summed E-state index contributed by atoms with van der Waals surface area (Å²) in [6.07, 6.45) is 1.71. The van der Waals surface area contributed by atoms with Gasteiger partial charge in [0.05, 0.1) is 10.7 Å². The summed E-state index contributed by atoms with van der Waals surface area (Å²) in [7, 11) is 0. The molecule has 0 aliphatic heterocycles. The monoisotopic (exact) mass is 417 g/mol. The Morgan fingerprint density at radius 2 is 1.89 bits per heavy atom. The lowest BCUT2D eigenvalue weighted by molar-refractivity contribution is -0.154. The summed E-state index contributed by atoms with van der Waals surface area (Å²) in [6.45, 7) is 11.2. The van der Waals surface area contributed by atoms with Crippen LogP contribution in [0.2, 0.25) is 5.02 Å². The SMILES string of the molecule is CCC(C)CC(=O)Nc1cc(SC(CC)C(=O)OC(C)(C)C)c(Cl)cc1F. The maximum atomic E-state index is 14.2. The van der Waals surface area contributed by atoms with Gasteiger partial charge in [0.1, 0.15) is 16.7 Å². The fourth-order valence-electron chi connectivity index (χ4n) is 2.20. The third-order valence-corrected chi connectivity index (χ3v) is 5.66. The van der Waals surface area contributed by atoms with E-state index in [0.717, 1.165) is 12.5 Å². The summed E-state index contributed by atoms with van der Waals surface area (Å²) >= 11 is 7.37. The van der Waals surface area contributed by atoms with Crippen molar-refractivity contribution in [3.8, 4) is 0 Å². The van der Waals surface area contributed by atoms with Gasteiger partial charge >= 0.3 is 5.97 Å². The number of benzene rings is 1. The fourth-order valence-corrected chi connectivity index (χ4v) is 3.46. The first-order chi connectivity index (χ1) is 12.5. The molecule has 0 bridgehead atoms. The number of rotatable bonds is 8. The second kappa shape index (κ2) is 10.3. The van der Waals surface area contributed by atoms with Gasteiger partial charge in [-0.1, -0.05) is 38.8 Å². The van der Waals surface area contributed by atoms with Crippen molar-refractivity contribution >= 4 is 40.9 Å². The Morgan fingerprint density at radius 3 is 2.41 bits per heavy atom. The molecule has 2 unspecified atom stereocenters. The lowest BCUT2D eigenvalue weighted by atomic mass is 10.1. The Balaban J connectivity index is 2.97. The van der Waals surface area contributed by atoms with E-state index in [9.17, 15) is 14.0 Å². The molecule has 1 aromatic carbocycles. The molecule has 1 aromatic rings. The third kappa shape index (κ3) is 8.09. The number of ether oxygens (including phenoxy) is 1. The quantitative estimate of drug-likeness (QED) is 0.412. The minimum absolute atomic E-state index is 0.0641. The molecule has 27 heavy (non-hydrogen) atoms. The molecular weight excluding hydrogens is 389 g/mol. The van der Waals surface area contributed by atoms with Crippen LogP contribution in [0.5, 0.6) is 0 Å². The summed E-state index contributed by atoms with van der Waals surface area (Å²) in [4.78, 5) is 25.0. The molecule has 4 nitrogen and oxygen atoms in total. The Kier molecular flexibility index (Phi) is 9.09. The van der Waals surface area contributed by atoms with Crippen molar-refractivity contribution in [3.05, 3.63) is 23.0 Å². The normalized spacial score (nSPS) is 13.8. The van der Waals surface area contributed by atoms with Crippen LogP contribution in [0.3, 0.4) is 0 Å². The van der Waals surface area contributed by atoms with Gasteiger partial charge in [-0.3, -0.25) is 9.59 Å². The molecule has 0 fully saturated rings. The largest absolute Gasteiger partial charge is 0.459 e. The molecule has 1 rings (SSSR count). The van der Waals surface area contributed by atoms with E-state index in [-0.39, 0.29) is 28.5 Å². The van der Waals surface area contributed by atoms with Crippen molar-refractivity contribution in [2.45, 2.75) is 76.6 Å². The van der Waals surface area contributed by atoms with Gasteiger partial charge in [-0.2, -0.15) is 0 Å². The van der Waals surface area contributed by atoms with Crippen molar-refractivity contribution < 1.29 is 18.7 Å². The van der Waals surface area contributed by atoms with E-state index in [1.807, 2.05) is 20.8 Å². The number of thioether (sulfide) groups is 1. The van der Waals surface area contributed by atoms with Crippen molar-refractivity contribution in [1.29, 1.82) is 0 Å². The van der Waals surface area contributed by atoms with E-state index in [0.29, 0.717) is 17.7 Å². The topological polar surface area (TPSA) is 55.4 Å². The Hall–Kier alpha value is -1.27. The molecule has 0 aliphatic carbocycles. The number of carbonyl (C=O) groups is 2. The lowest BCUT2D eigenvalue weighted by Gasteiger charge is -2.23. The molecule has 0 aliphatic rings. The van der Waals surface area contributed by atoms with Crippen molar-refractivity contribution in [2.75, 3.05) is 5.32 Å². The Labute approximate surface area is 170 Å². The number of hydrogen-bond acceptors (Lipinski definition) is 4. The van der Waals surface area contributed by atoms with Crippen LogP contribution in [-0.4, -0.2) is 22.7 Å². The van der Waals surface area contributed by atoms with E-state index in [2.05, 4.69) is 5.32 Å². The fraction of sp³-hybridized carbons (Fsp3) is 0.600. The molecule has 7 heteroatoms. The number of anilines is 1. The highest BCUT2D eigenvalue weighted by Crippen LogP contribution is 2.36. The Bertz CT molecular complexity index is 676. The van der Waals surface area contributed by atoms with Crippen LogP contribution in [0.15, 0.2) is 17.0 Å². The summed E-state index contributed by atoms with van der Waals surface area (Å²) in [5.41, 5.74) is -0.526. The van der Waals surface area contributed by atoms with Gasteiger partial charge in [0.15, 0.2) is 0 Å². The van der Waals surface area contributed by atoms with Crippen LogP contribution < -0.4 is 5.32 Å². The summed E-state index contributed by atoms with van der Waals surface area (Å²) in [6, 6.07) is 2.63. The highest BCUT2D eigenvalue weighted by molar-refractivity contribution is 8.00. The van der Waals surface area contributed by atoms with Gasteiger partial charge in [0, 0.05) is 11.3 Å².